The van der Waals surface area contributed by atoms with Gasteiger partial charge in [-0.15, -0.1) is 0 Å². The SMILES string of the molecule is CCN(C)Cc1cc(F)cc(C#CCO)c1. The molecule has 0 spiro atoms. The molecule has 0 heterocycles. The largest absolute Gasteiger partial charge is 0.384 e. The second-order valence-electron chi connectivity index (χ2n) is 3.64. The highest BCUT2D eigenvalue weighted by atomic mass is 19.1. The number of rotatable bonds is 3. The minimum Gasteiger partial charge on any atom is -0.384 e. The Hall–Kier alpha value is -1.37. The van der Waals surface area contributed by atoms with E-state index in [0.29, 0.717) is 12.1 Å². The third-order valence-corrected chi connectivity index (χ3v) is 2.26. The Morgan fingerprint density at radius 1 is 1.38 bits per heavy atom. The molecular weight excluding hydrogens is 205 g/mol. The second-order valence-corrected chi connectivity index (χ2v) is 3.64. The predicted molar refractivity (Wildman–Crippen MR) is 62.4 cm³/mol. The van der Waals surface area contributed by atoms with Crippen LogP contribution >= 0.6 is 0 Å². The molecule has 1 N–H and O–H groups in total. The van der Waals surface area contributed by atoms with E-state index in [1.807, 2.05) is 20.0 Å². The van der Waals surface area contributed by atoms with Crippen LogP contribution in [0.2, 0.25) is 0 Å². The van der Waals surface area contributed by atoms with Crippen molar-refractivity contribution in [1.82, 2.24) is 4.90 Å². The molecule has 1 rings (SSSR count). The molecule has 2 nitrogen and oxygen atoms in total. The zero-order chi connectivity index (χ0) is 12.0. The number of benzene rings is 1. The molecule has 0 fully saturated rings. The van der Waals surface area contributed by atoms with Crippen molar-refractivity contribution < 1.29 is 9.50 Å². The fourth-order valence-corrected chi connectivity index (χ4v) is 1.38. The summed E-state index contributed by atoms with van der Waals surface area (Å²) in [6, 6.07) is 4.73. The van der Waals surface area contributed by atoms with E-state index in [4.69, 9.17) is 5.11 Å². The lowest BCUT2D eigenvalue weighted by Gasteiger charge is -2.13. The van der Waals surface area contributed by atoms with Gasteiger partial charge in [-0.2, -0.15) is 0 Å². The summed E-state index contributed by atoms with van der Waals surface area (Å²) in [6.07, 6.45) is 0. The molecule has 0 amide bonds. The van der Waals surface area contributed by atoms with Crippen LogP contribution in [0.25, 0.3) is 0 Å². The van der Waals surface area contributed by atoms with Gasteiger partial charge in [0.25, 0.3) is 0 Å². The number of aliphatic hydroxyl groups excluding tert-OH is 1. The van der Waals surface area contributed by atoms with Gasteiger partial charge in [0.1, 0.15) is 12.4 Å². The van der Waals surface area contributed by atoms with Gasteiger partial charge in [-0.1, -0.05) is 18.8 Å². The normalized spacial score (nSPS) is 10.1. The fraction of sp³-hybridized carbons (Fsp3) is 0.385. The van der Waals surface area contributed by atoms with Crippen LogP contribution in [0, 0.1) is 17.7 Å². The van der Waals surface area contributed by atoms with Gasteiger partial charge in [-0.3, -0.25) is 0 Å². The Labute approximate surface area is 95.7 Å². The van der Waals surface area contributed by atoms with Crippen molar-refractivity contribution in [1.29, 1.82) is 0 Å². The van der Waals surface area contributed by atoms with E-state index in [9.17, 15) is 4.39 Å². The molecule has 86 valence electrons. The molecule has 1 aromatic rings. The molecule has 1 aromatic carbocycles. The Balaban J connectivity index is 2.89. The summed E-state index contributed by atoms with van der Waals surface area (Å²) >= 11 is 0. The number of hydrogen-bond donors (Lipinski definition) is 1. The third kappa shape index (κ3) is 4.01. The third-order valence-electron chi connectivity index (χ3n) is 2.26. The number of nitrogens with zero attached hydrogens (tertiary/aromatic N) is 1. The molecular formula is C13H16FNO. The smallest absolute Gasteiger partial charge is 0.124 e. The van der Waals surface area contributed by atoms with Gasteiger partial charge in [-0.05, 0) is 37.4 Å². The van der Waals surface area contributed by atoms with Crippen LogP contribution in [-0.2, 0) is 6.54 Å². The quantitative estimate of drug-likeness (QED) is 0.784. The van der Waals surface area contributed by atoms with Crippen LogP contribution in [0.15, 0.2) is 18.2 Å². The van der Waals surface area contributed by atoms with Gasteiger partial charge in [0.2, 0.25) is 0 Å². The first-order valence-electron chi connectivity index (χ1n) is 5.23. The fourth-order valence-electron chi connectivity index (χ4n) is 1.38. The molecule has 0 bridgehead atoms. The zero-order valence-electron chi connectivity index (χ0n) is 9.63. The highest BCUT2D eigenvalue weighted by Crippen LogP contribution is 2.10. The van der Waals surface area contributed by atoms with E-state index in [0.717, 1.165) is 12.1 Å². The lowest BCUT2D eigenvalue weighted by molar-refractivity contribution is 0.345. The molecule has 0 unspecified atom stereocenters. The maximum absolute atomic E-state index is 13.3. The Kier molecular flexibility index (Phi) is 4.97. The first-order chi connectivity index (χ1) is 7.65. The molecule has 0 saturated heterocycles. The van der Waals surface area contributed by atoms with E-state index in [1.54, 1.807) is 0 Å². The highest BCUT2D eigenvalue weighted by Gasteiger charge is 2.01. The lowest BCUT2D eigenvalue weighted by Crippen LogP contribution is -2.16. The van der Waals surface area contributed by atoms with E-state index < -0.39 is 0 Å². The standard InChI is InChI=1S/C13H16FNO/c1-3-15(2)10-12-7-11(5-4-6-16)8-13(14)9-12/h7-9,16H,3,6,10H2,1-2H3. The summed E-state index contributed by atoms with van der Waals surface area (Å²) in [5.74, 6) is 4.93. The van der Waals surface area contributed by atoms with Crippen molar-refractivity contribution in [3.05, 3.63) is 35.1 Å². The minimum atomic E-state index is -0.288. The predicted octanol–water partition coefficient (Wildman–Crippen LogP) is 1.62. The zero-order valence-corrected chi connectivity index (χ0v) is 9.63. The van der Waals surface area contributed by atoms with Crippen LogP contribution in [0.4, 0.5) is 4.39 Å². The maximum Gasteiger partial charge on any atom is 0.124 e. The molecule has 0 aliphatic rings. The molecule has 0 atom stereocenters. The molecule has 3 heteroatoms. The summed E-state index contributed by atoms with van der Waals surface area (Å²) < 4.78 is 13.3. The molecule has 16 heavy (non-hydrogen) atoms. The van der Waals surface area contributed by atoms with Crippen LogP contribution in [0.1, 0.15) is 18.1 Å². The first kappa shape index (κ1) is 12.7. The van der Waals surface area contributed by atoms with Crippen LogP contribution in [0.5, 0.6) is 0 Å². The molecule has 0 saturated carbocycles. The van der Waals surface area contributed by atoms with Gasteiger partial charge in [-0.25, -0.2) is 4.39 Å². The van der Waals surface area contributed by atoms with Gasteiger partial charge < -0.3 is 10.0 Å². The Morgan fingerprint density at radius 3 is 2.75 bits per heavy atom. The molecule has 0 aliphatic carbocycles. The first-order valence-corrected chi connectivity index (χ1v) is 5.23. The summed E-state index contributed by atoms with van der Waals surface area (Å²) in [4.78, 5) is 2.08. The van der Waals surface area contributed by atoms with Crippen molar-refractivity contribution in [3.8, 4) is 11.8 Å². The second kappa shape index (κ2) is 6.26. The van der Waals surface area contributed by atoms with Crippen LogP contribution in [-0.4, -0.2) is 30.2 Å². The summed E-state index contributed by atoms with van der Waals surface area (Å²) in [7, 11) is 1.98. The van der Waals surface area contributed by atoms with Crippen LogP contribution < -0.4 is 0 Å². The van der Waals surface area contributed by atoms with Crippen molar-refractivity contribution in [3.63, 3.8) is 0 Å². The minimum absolute atomic E-state index is 0.208. The number of halogens is 1. The molecule has 0 aromatic heterocycles. The molecule has 0 aliphatic heterocycles. The Morgan fingerprint density at radius 2 is 2.12 bits per heavy atom. The van der Waals surface area contributed by atoms with Gasteiger partial charge >= 0.3 is 0 Å². The van der Waals surface area contributed by atoms with Crippen molar-refractivity contribution in [2.45, 2.75) is 13.5 Å². The average Bonchev–Trinajstić information content (AvgIpc) is 2.25. The van der Waals surface area contributed by atoms with Crippen LogP contribution in [0.3, 0.4) is 0 Å². The monoisotopic (exact) mass is 221 g/mol. The van der Waals surface area contributed by atoms with E-state index in [1.165, 1.54) is 12.1 Å². The number of aliphatic hydroxyl groups is 1. The topological polar surface area (TPSA) is 23.5 Å². The van der Waals surface area contributed by atoms with Crippen molar-refractivity contribution in [2.75, 3.05) is 20.2 Å². The lowest BCUT2D eigenvalue weighted by atomic mass is 10.1. The highest BCUT2D eigenvalue weighted by molar-refractivity contribution is 5.37. The Bertz CT molecular complexity index is 406. The van der Waals surface area contributed by atoms with Gasteiger partial charge in [0.05, 0.1) is 0 Å². The van der Waals surface area contributed by atoms with E-state index in [-0.39, 0.29) is 12.4 Å². The average molecular weight is 221 g/mol. The summed E-state index contributed by atoms with van der Waals surface area (Å²) in [5.41, 5.74) is 1.50. The van der Waals surface area contributed by atoms with E-state index >= 15 is 0 Å². The summed E-state index contributed by atoms with van der Waals surface area (Å²) in [6.45, 7) is 3.45. The number of hydrogen-bond acceptors (Lipinski definition) is 2. The van der Waals surface area contributed by atoms with Gasteiger partial charge in [0, 0.05) is 12.1 Å². The maximum atomic E-state index is 13.3. The van der Waals surface area contributed by atoms with Crippen molar-refractivity contribution >= 4 is 0 Å². The van der Waals surface area contributed by atoms with E-state index in [2.05, 4.69) is 16.7 Å². The van der Waals surface area contributed by atoms with Crippen molar-refractivity contribution in [2.24, 2.45) is 0 Å². The summed E-state index contributed by atoms with van der Waals surface area (Å²) in [5, 5.41) is 8.57. The molecule has 0 radical (unpaired) electrons. The van der Waals surface area contributed by atoms with Gasteiger partial charge in [0.15, 0.2) is 0 Å².